The highest BCUT2D eigenvalue weighted by atomic mass is 35.5. The number of nitrogens with one attached hydrogen (secondary N) is 1. The summed E-state index contributed by atoms with van der Waals surface area (Å²) in [5.74, 6) is -0.156. The van der Waals surface area contributed by atoms with E-state index in [1.807, 2.05) is 0 Å². The van der Waals surface area contributed by atoms with Gasteiger partial charge in [0.05, 0.1) is 23.2 Å². The Morgan fingerprint density at radius 2 is 2.25 bits per heavy atom. The molecule has 0 aromatic heterocycles. The average molecular weight is 260 g/mol. The summed E-state index contributed by atoms with van der Waals surface area (Å²) in [6, 6.07) is 4.97. The van der Waals surface area contributed by atoms with Crippen molar-refractivity contribution in [3.8, 4) is 0 Å². The van der Waals surface area contributed by atoms with E-state index >= 15 is 0 Å². The van der Waals surface area contributed by atoms with Crippen LogP contribution in [0.25, 0.3) is 0 Å². The molecular weight excluding hydrogens is 249 g/mol. The molecule has 1 aromatic carbocycles. The maximum absolute atomic E-state index is 11.8. The van der Waals surface area contributed by atoms with Crippen molar-refractivity contribution in [3.05, 3.63) is 28.2 Å². The molecule has 1 unspecified atom stereocenters. The van der Waals surface area contributed by atoms with Gasteiger partial charge in [-0.15, -0.1) is 0 Å². The molecule has 1 amide bonds. The van der Waals surface area contributed by atoms with E-state index in [4.69, 9.17) is 27.9 Å². The molecule has 1 aromatic rings. The Morgan fingerprint density at radius 1 is 1.44 bits per heavy atom. The summed E-state index contributed by atoms with van der Waals surface area (Å²) in [6.45, 7) is 1.12. The molecule has 5 heteroatoms. The minimum absolute atomic E-state index is 0.0679. The first-order chi connectivity index (χ1) is 7.66. The minimum Gasteiger partial charge on any atom is -0.381 e. The van der Waals surface area contributed by atoms with Crippen LogP contribution in [0.2, 0.25) is 10.0 Å². The fourth-order valence-electron chi connectivity index (χ4n) is 1.57. The normalized spacial score (nSPS) is 19.8. The molecule has 0 radical (unpaired) electrons. The van der Waals surface area contributed by atoms with E-state index in [1.54, 1.807) is 18.2 Å². The topological polar surface area (TPSA) is 38.3 Å². The molecule has 2 rings (SSSR count). The molecule has 0 bridgehead atoms. The van der Waals surface area contributed by atoms with Crippen molar-refractivity contribution in [2.45, 2.75) is 6.42 Å². The van der Waals surface area contributed by atoms with Gasteiger partial charge in [-0.25, -0.2) is 0 Å². The average Bonchev–Trinajstić information content (AvgIpc) is 2.76. The SMILES string of the molecule is O=C(Nc1cc(Cl)ccc1Cl)C1CCOC1. The van der Waals surface area contributed by atoms with Gasteiger partial charge >= 0.3 is 0 Å². The van der Waals surface area contributed by atoms with Crippen LogP contribution in [-0.2, 0) is 9.53 Å². The standard InChI is InChI=1S/C11H11Cl2NO2/c12-8-1-2-9(13)10(5-8)14-11(15)7-3-4-16-6-7/h1-2,5,7H,3-4,6H2,(H,14,15). The highest BCUT2D eigenvalue weighted by molar-refractivity contribution is 6.35. The lowest BCUT2D eigenvalue weighted by Gasteiger charge is -2.10. The molecule has 0 saturated carbocycles. The maximum atomic E-state index is 11.8. The molecule has 0 aliphatic carbocycles. The Labute approximate surface area is 104 Å². The molecule has 1 fully saturated rings. The molecule has 1 N–H and O–H groups in total. The fourth-order valence-corrected chi connectivity index (χ4v) is 1.91. The van der Waals surface area contributed by atoms with E-state index in [0.717, 1.165) is 6.42 Å². The van der Waals surface area contributed by atoms with Crippen LogP contribution in [0.1, 0.15) is 6.42 Å². The van der Waals surface area contributed by atoms with Crippen LogP contribution in [-0.4, -0.2) is 19.1 Å². The minimum atomic E-state index is -0.0879. The summed E-state index contributed by atoms with van der Waals surface area (Å²) in [5, 5.41) is 3.78. The number of halogens is 2. The van der Waals surface area contributed by atoms with Crippen LogP contribution in [0.15, 0.2) is 18.2 Å². The Hall–Kier alpha value is -0.770. The maximum Gasteiger partial charge on any atom is 0.229 e. The van der Waals surface area contributed by atoms with Gasteiger partial charge < -0.3 is 10.1 Å². The van der Waals surface area contributed by atoms with Gasteiger partial charge in [0, 0.05) is 11.6 Å². The third kappa shape index (κ3) is 2.67. The molecule has 16 heavy (non-hydrogen) atoms. The van der Waals surface area contributed by atoms with E-state index in [-0.39, 0.29) is 11.8 Å². The van der Waals surface area contributed by atoms with Gasteiger partial charge in [-0.3, -0.25) is 4.79 Å². The van der Waals surface area contributed by atoms with Gasteiger partial charge in [-0.1, -0.05) is 23.2 Å². The van der Waals surface area contributed by atoms with E-state index in [2.05, 4.69) is 5.32 Å². The predicted molar refractivity (Wildman–Crippen MR) is 64.0 cm³/mol. The molecule has 3 nitrogen and oxygen atoms in total. The quantitative estimate of drug-likeness (QED) is 0.887. The molecule has 1 aliphatic rings. The lowest BCUT2D eigenvalue weighted by molar-refractivity contribution is -0.119. The first-order valence-corrected chi connectivity index (χ1v) is 5.76. The first-order valence-electron chi connectivity index (χ1n) is 5.00. The number of rotatable bonds is 2. The molecular formula is C11H11Cl2NO2. The van der Waals surface area contributed by atoms with E-state index in [0.29, 0.717) is 28.9 Å². The summed E-state index contributed by atoms with van der Waals surface area (Å²) < 4.78 is 5.15. The zero-order chi connectivity index (χ0) is 11.5. The Balaban J connectivity index is 2.07. The van der Waals surface area contributed by atoms with Gasteiger partial charge in [0.15, 0.2) is 0 Å². The number of carbonyl (C=O) groups excluding carboxylic acids is 1. The lowest BCUT2D eigenvalue weighted by atomic mass is 10.1. The van der Waals surface area contributed by atoms with Gasteiger partial charge in [0.2, 0.25) is 5.91 Å². The van der Waals surface area contributed by atoms with Crippen molar-refractivity contribution in [1.29, 1.82) is 0 Å². The van der Waals surface area contributed by atoms with Crippen LogP contribution in [0, 0.1) is 5.92 Å². The van der Waals surface area contributed by atoms with E-state index < -0.39 is 0 Å². The van der Waals surface area contributed by atoms with Crippen molar-refractivity contribution >= 4 is 34.8 Å². The Morgan fingerprint density at radius 3 is 2.94 bits per heavy atom. The number of ether oxygens (including phenoxy) is 1. The van der Waals surface area contributed by atoms with Crippen molar-refractivity contribution < 1.29 is 9.53 Å². The molecule has 86 valence electrons. The predicted octanol–water partition coefficient (Wildman–Crippen LogP) is 2.97. The highest BCUT2D eigenvalue weighted by Gasteiger charge is 2.23. The molecule has 0 spiro atoms. The lowest BCUT2D eigenvalue weighted by Crippen LogP contribution is -2.22. The highest BCUT2D eigenvalue weighted by Crippen LogP contribution is 2.26. The van der Waals surface area contributed by atoms with Crippen molar-refractivity contribution in [2.24, 2.45) is 5.92 Å². The molecule has 1 heterocycles. The Kier molecular flexibility index (Phi) is 3.69. The largest absolute Gasteiger partial charge is 0.381 e. The third-order valence-electron chi connectivity index (χ3n) is 2.49. The van der Waals surface area contributed by atoms with Crippen molar-refractivity contribution in [1.82, 2.24) is 0 Å². The summed E-state index contributed by atoms with van der Waals surface area (Å²) in [4.78, 5) is 11.8. The van der Waals surface area contributed by atoms with Crippen molar-refractivity contribution in [2.75, 3.05) is 18.5 Å². The van der Waals surface area contributed by atoms with Crippen LogP contribution in [0.5, 0.6) is 0 Å². The van der Waals surface area contributed by atoms with Crippen LogP contribution < -0.4 is 5.32 Å². The number of amides is 1. The number of carbonyl (C=O) groups is 1. The van der Waals surface area contributed by atoms with Crippen LogP contribution >= 0.6 is 23.2 Å². The molecule has 1 aliphatic heterocycles. The number of hydrogen-bond donors (Lipinski definition) is 1. The molecule has 1 atom stereocenters. The number of anilines is 1. The van der Waals surface area contributed by atoms with Crippen LogP contribution in [0.3, 0.4) is 0 Å². The smallest absolute Gasteiger partial charge is 0.229 e. The van der Waals surface area contributed by atoms with E-state index in [1.165, 1.54) is 0 Å². The van der Waals surface area contributed by atoms with Crippen molar-refractivity contribution in [3.63, 3.8) is 0 Å². The zero-order valence-corrected chi connectivity index (χ0v) is 10.0. The number of benzene rings is 1. The second-order valence-electron chi connectivity index (χ2n) is 3.67. The third-order valence-corrected chi connectivity index (χ3v) is 3.05. The van der Waals surface area contributed by atoms with Gasteiger partial charge in [0.1, 0.15) is 0 Å². The fraction of sp³-hybridized carbons (Fsp3) is 0.364. The van der Waals surface area contributed by atoms with Gasteiger partial charge in [-0.05, 0) is 24.6 Å². The number of hydrogen-bond acceptors (Lipinski definition) is 2. The van der Waals surface area contributed by atoms with Crippen LogP contribution in [0.4, 0.5) is 5.69 Å². The Bertz CT molecular complexity index is 403. The van der Waals surface area contributed by atoms with Gasteiger partial charge in [-0.2, -0.15) is 0 Å². The van der Waals surface area contributed by atoms with E-state index in [9.17, 15) is 4.79 Å². The molecule has 1 saturated heterocycles. The summed E-state index contributed by atoms with van der Waals surface area (Å²) in [6.07, 6.45) is 0.754. The monoisotopic (exact) mass is 259 g/mol. The summed E-state index contributed by atoms with van der Waals surface area (Å²) >= 11 is 11.8. The second kappa shape index (κ2) is 5.04. The first kappa shape index (κ1) is 11.7. The van der Waals surface area contributed by atoms with Gasteiger partial charge in [0.25, 0.3) is 0 Å². The summed E-state index contributed by atoms with van der Waals surface area (Å²) in [7, 11) is 0. The zero-order valence-electron chi connectivity index (χ0n) is 8.50. The second-order valence-corrected chi connectivity index (χ2v) is 4.52. The summed E-state index contributed by atoms with van der Waals surface area (Å²) in [5.41, 5.74) is 0.547.